The van der Waals surface area contributed by atoms with Crippen LogP contribution in [0.5, 0.6) is 17.4 Å². The molecule has 0 aliphatic carbocycles. The summed E-state index contributed by atoms with van der Waals surface area (Å²) in [5.41, 5.74) is 3.82. The molecule has 186 valence electrons. The largest absolute Gasteiger partial charge is 0.491 e. The third kappa shape index (κ3) is 4.22. The van der Waals surface area contributed by atoms with Gasteiger partial charge in [0, 0.05) is 36.3 Å². The number of hydrogen-bond acceptors (Lipinski definition) is 9. The van der Waals surface area contributed by atoms with Crippen molar-refractivity contribution >= 4 is 34.4 Å². The normalized spacial score (nSPS) is 20.6. The van der Waals surface area contributed by atoms with E-state index in [0.717, 1.165) is 28.8 Å². The van der Waals surface area contributed by atoms with Crippen molar-refractivity contribution in [2.45, 2.75) is 12.5 Å². The van der Waals surface area contributed by atoms with Crippen molar-refractivity contribution in [3.05, 3.63) is 42.1 Å². The molecule has 2 N–H and O–H groups in total. The Morgan fingerprint density at radius 3 is 2.97 bits per heavy atom. The Hall–Kier alpha value is -4.12. The highest BCUT2D eigenvalue weighted by atomic mass is 16.6. The third-order valence-electron chi connectivity index (χ3n) is 6.52. The van der Waals surface area contributed by atoms with Gasteiger partial charge in [0.2, 0.25) is 5.88 Å². The topological polar surface area (TPSA) is 124 Å². The predicted octanol–water partition coefficient (Wildman–Crippen LogP) is 2.14. The number of cyclic esters (lactones) is 1. The number of methoxy groups -OCH3 is 1. The van der Waals surface area contributed by atoms with Gasteiger partial charge in [0.05, 0.1) is 43.2 Å². The Balaban J connectivity index is 1.06. The number of anilines is 2. The fourth-order valence-corrected chi connectivity index (χ4v) is 4.73. The fraction of sp³-hybridized carbons (Fsp3) is 0.360. The molecule has 1 aromatic carbocycles. The van der Waals surface area contributed by atoms with Crippen molar-refractivity contribution in [2.75, 3.05) is 50.2 Å². The number of ether oxygens (including phenoxy) is 4. The number of carbonyl (C=O) groups excluding carboxylic acids is 2. The summed E-state index contributed by atoms with van der Waals surface area (Å²) in [6, 6.07) is 8.94. The van der Waals surface area contributed by atoms with Crippen LogP contribution in [0, 0.1) is 5.92 Å². The monoisotopic (exact) mass is 491 g/mol. The predicted molar refractivity (Wildman–Crippen MR) is 130 cm³/mol. The van der Waals surface area contributed by atoms with Gasteiger partial charge >= 0.3 is 6.09 Å². The Bertz CT molecular complexity index is 1340. The van der Waals surface area contributed by atoms with E-state index in [1.54, 1.807) is 42.5 Å². The Labute approximate surface area is 206 Å². The first kappa shape index (κ1) is 22.4. The highest BCUT2D eigenvalue weighted by Crippen LogP contribution is 2.34. The SMILES string of the molecule is COc1ccc2ncc3c(c2n1)CC(CNCC1CN(c2ccc4c(c2)NC(=O)CO4)C(=O)O1)CO3. The number of fused-ring (bicyclic) bond motifs is 4. The van der Waals surface area contributed by atoms with Crippen LogP contribution in [-0.2, 0) is 16.0 Å². The van der Waals surface area contributed by atoms with Gasteiger partial charge < -0.3 is 29.6 Å². The van der Waals surface area contributed by atoms with Crippen LogP contribution >= 0.6 is 0 Å². The molecule has 3 aliphatic rings. The van der Waals surface area contributed by atoms with Gasteiger partial charge in [-0.05, 0) is 30.7 Å². The standard InChI is InChI=1S/C25H25N5O6/c1-33-23-5-3-18-24(29-23)17-6-14(12-34-21(17)10-27-18)8-26-9-16-11-30(25(32)36-16)15-2-4-20-19(7-15)28-22(31)13-35-20/h2-5,7,10,14,16,26H,6,8-9,11-13H2,1H3,(H,28,31). The molecule has 0 spiro atoms. The fourth-order valence-electron chi connectivity index (χ4n) is 4.73. The number of carbonyl (C=O) groups is 2. The van der Waals surface area contributed by atoms with Crippen LogP contribution in [0.1, 0.15) is 5.56 Å². The molecular formula is C25H25N5O6. The number of nitrogens with one attached hydrogen (secondary N) is 2. The van der Waals surface area contributed by atoms with Crippen LogP contribution in [0.4, 0.5) is 16.2 Å². The molecule has 1 fully saturated rings. The van der Waals surface area contributed by atoms with E-state index in [-0.39, 0.29) is 24.5 Å². The Morgan fingerprint density at radius 1 is 1.17 bits per heavy atom. The summed E-state index contributed by atoms with van der Waals surface area (Å²) in [6.07, 6.45) is 1.83. The van der Waals surface area contributed by atoms with Crippen molar-refractivity contribution in [1.29, 1.82) is 0 Å². The van der Waals surface area contributed by atoms with E-state index in [2.05, 4.69) is 20.6 Å². The lowest BCUT2D eigenvalue weighted by Gasteiger charge is -2.26. The smallest absolute Gasteiger partial charge is 0.414 e. The van der Waals surface area contributed by atoms with Crippen LogP contribution in [0.2, 0.25) is 0 Å². The lowest BCUT2D eigenvalue weighted by atomic mass is 9.96. The molecule has 0 radical (unpaired) electrons. The van der Waals surface area contributed by atoms with Gasteiger partial charge in [-0.15, -0.1) is 0 Å². The number of aromatic nitrogens is 2. The van der Waals surface area contributed by atoms with Crippen LogP contribution in [0.15, 0.2) is 36.5 Å². The minimum absolute atomic E-state index is 0.0126. The molecule has 0 saturated carbocycles. The zero-order valence-corrected chi connectivity index (χ0v) is 19.7. The number of rotatable bonds is 6. The second kappa shape index (κ2) is 9.15. The minimum Gasteiger partial charge on any atom is -0.491 e. The quantitative estimate of drug-likeness (QED) is 0.534. The van der Waals surface area contributed by atoms with Gasteiger partial charge in [0.1, 0.15) is 17.6 Å². The molecule has 5 heterocycles. The summed E-state index contributed by atoms with van der Waals surface area (Å²) in [7, 11) is 1.59. The molecule has 2 unspecified atom stereocenters. The van der Waals surface area contributed by atoms with Crippen molar-refractivity contribution in [3.63, 3.8) is 0 Å². The van der Waals surface area contributed by atoms with E-state index >= 15 is 0 Å². The zero-order valence-electron chi connectivity index (χ0n) is 19.7. The van der Waals surface area contributed by atoms with Crippen LogP contribution in [0.25, 0.3) is 11.0 Å². The molecule has 3 aromatic rings. The van der Waals surface area contributed by atoms with Crippen LogP contribution < -0.4 is 29.7 Å². The molecule has 11 nitrogen and oxygen atoms in total. The van der Waals surface area contributed by atoms with E-state index in [1.807, 2.05) is 6.07 Å². The van der Waals surface area contributed by atoms with Gasteiger partial charge in [-0.25, -0.2) is 9.78 Å². The van der Waals surface area contributed by atoms with Gasteiger partial charge in [-0.2, -0.15) is 0 Å². The van der Waals surface area contributed by atoms with Crippen molar-refractivity contribution in [3.8, 4) is 17.4 Å². The van der Waals surface area contributed by atoms with E-state index < -0.39 is 6.09 Å². The Morgan fingerprint density at radius 2 is 2.08 bits per heavy atom. The number of nitrogens with zero attached hydrogens (tertiary/aromatic N) is 3. The van der Waals surface area contributed by atoms with Crippen molar-refractivity contribution < 1.29 is 28.5 Å². The highest BCUT2D eigenvalue weighted by Gasteiger charge is 2.33. The number of benzene rings is 1. The first-order chi connectivity index (χ1) is 17.6. The van der Waals surface area contributed by atoms with Gasteiger partial charge in [0.15, 0.2) is 6.61 Å². The van der Waals surface area contributed by atoms with E-state index in [1.165, 1.54) is 0 Å². The van der Waals surface area contributed by atoms with E-state index in [4.69, 9.17) is 18.9 Å². The summed E-state index contributed by atoms with van der Waals surface area (Å²) in [5, 5.41) is 6.19. The highest BCUT2D eigenvalue weighted by molar-refractivity contribution is 5.97. The second-order valence-electron chi connectivity index (χ2n) is 9.00. The molecule has 11 heteroatoms. The van der Waals surface area contributed by atoms with Gasteiger partial charge in [0.25, 0.3) is 5.91 Å². The average Bonchev–Trinajstić information content (AvgIpc) is 3.27. The molecule has 2 atom stereocenters. The molecule has 3 aliphatic heterocycles. The van der Waals surface area contributed by atoms with Crippen LogP contribution in [-0.4, -0.2) is 68.0 Å². The maximum Gasteiger partial charge on any atom is 0.414 e. The molecular weight excluding hydrogens is 466 g/mol. The lowest BCUT2D eigenvalue weighted by molar-refractivity contribution is -0.118. The van der Waals surface area contributed by atoms with Crippen molar-refractivity contribution in [2.24, 2.45) is 5.92 Å². The summed E-state index contributed by atoms with van der Waals surface area (Å²) < 4.78 is 22.2. The number of pyridine rings is 2. The van der Waals surface area contributed by atoms with Crippen LogP contribution in [0.3, 0.4) is 0 Å². The van der Waals surface area contributed by atoms with Gasteiger partial charge in [-0.3, -0.25) is 14.7 Å². The summed E-state index contributed by atoms with van der Waals surface area (Å²) in [6.45, 7) is 2.17. The Kier molecular flexibility index (Phi) is 5.68. The molecule has 0 bridgehead atoms. The first-order valence-corrected chi connectivity index (χ1v) is 11.8. The maximum absolute atomic E-state index is 12.5. The van der Waals surface area contributed by atoms with Crippen molar-refractivity contribution in [1.82, 2.24) is 15.3 Å². The second-order valence-corrected chi connectivity index (χ2v) is 9.00. The van der Waals surface area contributed by atoms with E-state index in [0.29, 0.717) is 49.2 Å². The first-order valence-electron chi connectivity index (χ1n) is 11.8. The summed E-state index contributed by atoms with van der Waals surface area (Å²) in [5.74, 6) is 1.89. The third-order valence-corrected chi connectivity index (χ3v) is 6.52. The molecule has 1 saturated heterocycles. The molecule has 6 rings (SSSR count). The maximum atomic E-state index is 12.5. The van der Waals surface area contributed by atoms with Gasteiger partial charge in [-0.1, -0.05) is 0 Å². The minimum atomic E-state index is -0.418. The zero-order chi connectivity index (χ0) is 24.6. The molecule has 2 aromatic heterocycles. The van der Waals surface area contributed by atoms with E-state index in [9.17, 15) is 9.59 Å². The lowest BCUT2D eigenvalue weighted by Crippen LogP contribution is -2.37. The molecule has 2 amide bonds. The molecule has 36 heavy (non-hydrogen) atoms. The number of amides is 2. The summed E-state index contributed by atoms with van der Waals surface area (Å²) >= 11 is 0. The number of hydrogen-bond donors (Lipinski definition) is 2. The summed E-state index contributed by atoms with van der Waals surface area (Å²) in [4.78, 5) is 34.7. The average molecular weight is 492 g/mol.